The maximum Gasteiger partial charge on any atom is 0.119 e. The van der Waals surface area contributed by atoms with Crippen LogP contribution in [0.15, 0.2) is 54.6 Å². The number of phenolic OH excluding ortho intramolecular Hbond substituents is 1. The summed E-state index contributed by atoms with van der Waals surface area (Å²) in [5, 5.41) is 10.3. The summed E-state index contributed by atoms with van der Waals surface area (Å²) in [6.45, 7) is 8.85. The summed E-state index contributed by atoms with van der Waals surface area (Å²) in [6, 6.07) is 18.1. The third-order valence-electron chi connectivity index (χ3n) is 4.29. The molecule has 19 heavy (non-hydrogen) atoms. The number of hydrogen-bond acceptors (Lipinski definition) is 1. The van der Waals surface area contributed by atoms with Gasteiger partial charge < -0.3 is 5.11 Å². The average Bonchev–Trinajstić information content (AvgIpc) is 2.38. The highest BCUT2D eigenvalue weighted by atomic mass is 16.3. The molecule has 0 bridgehead atoms. The lowest BCUT2D eigenvalue weighted by Crippen LogP contribution is -2.38. The van der Waals surface area contributed by atoms with Crippen LogP contribution in [0.5, 0.6) is 5.75 Å². The van der Waals surface area contributed by atoms with E-state index < -0.39 is 0 Å². The van der Waals surface area contributed by atoms with E-state index in [1.165, 1.54) is 5.56 Å². The fourth-order valence-corrected chi connectivity index (χ4v) is 2.66. The van der Waals surface area contributed by atoms with Crippen LogP contribution in [-0.4, -0.2) is 5.11 Å². The molecule has 1 nitrogen and oxygen atoms in total. The van der Waals surface area contributed by atoms with Gasteiger partial charge in [0.15, 0.2) is 0 Å². The van der Waals surface area contributed by atoms with Crippen LogP contribution in [0.2, 0.25) is 0 Å². The molecular weight excluding hydrogens is 232 g/mol. The van der Waals surface area contributed by atoms with Gasteiger partial charge in [-0.1, -0.05) is 76.2 Å². The van der Waals surface area contributed by atoms with E-state index in [9.17, 15) is 5.11 Å². The molecular formula is C18H22O. The van der Waals surface area contributed by atoms with Gasteiger partial charge in [-0.05, 0) is 17.0 Å². The van der Waals surface area contributed by atoms with Crippen molar-refractivity contribution in [2.45, 2.75) is 33.1 Å². The Bertz CT molecular complexity index is 551. The van der Waals surface area contributed by atoms with Crippen molar-refractivity contribution >= 4 is 0 Å². The topological polar surface area (TPSA) is 20.2 Å². The maximum atomic E-state index is 10.3. The minimum Gasteiger partial charge on any atom is -0.508 e. The zero-order valence-electron chi connectivity index (χ0n) is 12.1. The Morgan fingerprint density at radius 1 is 0.737 bits per heavy atom. The highest BCUT2D eigenvalue weighted by Gasteiger charge is 2.41. The Labute approximate surface area is 115 Å². The molecule has 1 N–H and O–H groups in total. The van der Waals surface area contributed by atoms with Crippen LogP contribution < -0.4 is 0 Å². The molecule has 0 heterocycles. The second kappa shape index (κ2) is 4.73. The predicted molar refractivity (Wildman–Crippen MR) is 80.5 cm³/mol. The molecule has 0 fully saturated rings. The first kappa shape index (κ1) is 13.7. The summed E-state index contributed by atoms with van der Waals surface area (Å²) in [5.41, 5.74) is 1.96. The lowest BCUT2D eigenvalue weighted by atomic mass is 9.60. The number of benzene rings is 2. The summed E-state index contributed by atoms with van der Waals surface area (Å²) < 4.78 is 0. The predicted octanol–water partition coefficient (Wildman–Crippen LogP) is 4.74. The SMILES string of the molecule is CC(C)(C)C(C)(c1ccccc1)c1ccccc1O. The van der Waals surface area contributed by atoms with Crippen molar-refractivity contribution in [3.63, 3.8) is 0 Å². The molecule has 2 aromatic rings. The molecule has 0 aliphatic rings. The smallest absolute Gasteiger partial charge is 0.119 e. The summed E-state index contributed by atoms with van der Waals surface area (Å²) in [5.74, 6) is 0.365. The highest BCUT2D eigenvalue weighted by molar-refractivity contribution is 5.47. The van der Waals surface area contributed by atoms with Crippen molar-refractivity contribution in [3.05, 3.63) is 65.7 Å². The van der Waals surface area contributed by atoms with Gasteiger partial charge in [0.1, 0.15) is 5.75 Å². The monoisotopic (exact) mass is 254 g/mol. The van der Waals surface area contributed by atoms with Gasteiger partial charge in [-0.2, -0.15) is 0 Å². The van der Waals surface area contributed by atoms with Crippen LogP contribution >= 0.6 is 0 Å². The number of rotatable bonds is 2. The van der Waals surface area contributed by atoms with E-state index in [0.29, 0.717) is 5.75 Å². The molecule has 100 valence electrons. The molecule has 0 saturated heterocycles. The summed E-state index contributed by atoms with van der Waals surface area (Å²) in [6.07, 6.45) is 0. The minimum atomic E-state index is -0.237. The Morgan fingerprint density at radius 3 is 1.79 bits per heavy atom. The van der Waals surface area contributed by atoms with E-state index in [1.807, 2.05) is 24.3 Å². The number of aromatic hydroxyl groups is 1. The third kappa shape index (κ3) is 2.25. The van der Waals surface area contributed by atoms with E-state index in [0.717, 1.165) is 5.56 Å². The van der Waals surface area contributed by atoms with E-state index >= 15 is 0 Å². The van der Waals surface area contributed by atoms with Crippen LogP contribution in [0, 0.1) is 5.41 Å². The van der Waals surface area contributed by atoms with Crippen LogP contribution in [0.1, 0.15) is 38.8 Å². The second-order valence-electron chi connectivity index (χ2n) is 6.26. The fourth-order valence-electron chi connectivity index (χ4n) is 2.66. The van der Waals surface area contributed by atoms with Gasteiger partial charge in [0.2, 0.25) is 0 Å². The van der Waals surface area contributed by atoms with E-state index in [4.69, 9.17) is 0 Å². The van der Waals surface area contributed by atoms with Gasteiger partial charge >= 0.3 is 0 Å². The first-order valence-corrected chi connectivity index (χ1v) is 6.71. The van der Waals surface area contributed by atoms with Crippen LogP contribution in [0.25, 0.3) is 0 Å². The normalized spacial score (nSPS) is 14.9. The summed E-state index contributed by atoms with van der Waals surface area (Å²) in [7, 11) is 0. The van der Waals surface area contributed by atoms with Gasteiger partial charge in [-0.25, -0.2) is 0 Å². The van der Waals surface area contributed by atoms with Crippen molar-refractivity contribution < 1.29 is 5.11 Å². The molecule has 1 unspecified atom stereocenters. The zero-order valence-corrected chi connectivity index (χ0v) is 12.1. The Kier molecular flexibility index (Phi) is 3.40. The minimum absolute atomic E-state index is 0.00676. The average molecular weight is 254 g/mol. The fraction of sp³-hybridized carbons (Fsp3) is 0.333. The second-order valence-corrected chi connectivity index (χ2v) is 6.26. The molecule has 1 atom stereocenters. The zero-order chi connectivity index (χ0) is 14.1. The molecule has 2 aromatic carbocycles. The van der Waals surface area contributed by atoms with Gasteiger partial charge in [0, 0.05) is 11.0 Å². The van der Waals surface area contributed by atoms with Crippen LogP contribution in [0.3, 0.4) is 0 Å². The van der Waals surface area contributed by atoms with Gasteiger partial charge in [0.25, 0.3) is 0 Å². The number of phenols is 1. The van der Waals surface area contributed by atoms with Gasteiger partial charge in [0.05, 0.1) is 0 Å². The third-order valence-corrected chi connectivity index (χ3v) is 4.29. The maximum absolute atomic E-state index is 10.3. The van der Waals surface area contributed by atoms with Crippen LogP contribution in [0.4, 0.5) is 0 Å². The van der Waals surface area contributed by atoms with E-state index in [2.05, 4.69) is 52.0 Å². The van der Waals surface area contributed by atoms with Gasteiger partial charge in [-0.3, -0.25) is 0 Å². The van der Waals surface area contributed by atoms with Crippen molar-refractivity contribution in [3.8, 4) is 5.75 Å². The quantitative estimate of drug-likeness (QED) is 0.820. The lowest BCUT2D eigenvalue weighted by molar-refractivity contribution is 0.243. The van der Waals surface area contributed by atoms with E-state index in [1.54, 1.807) is 6.07 Å². The molecule has 1 heteroatoms. The Morgan fingerprint density at radius 2 is 1.26 bits per heavy atom. The van der Waals surface area contributed by atoms with Crippen molar-refractivity contribution in [2.24, 2.45) is 5.41 Å². The highest BCUT2D eigenvalue weighted by Crippen LogP contribution is 2.48. The molecule has 0 amide bonds. The molecule has 0 aliphatic heterocycles. The van der Waals surface area contributed by atoms with Crippen molar-refractivity contribution in [1.82, 2.24) is 0 Å². The number of para-hydroxylation sites is 1. The molecule has 2 rings (SSSR count). The number of hydrogen-bond donors (Lipinski definition) is 1. The largest absolute Gasteiger partial charge is 0.508 e. The molecule has 0 spiro atoms. The summed E-state index contributed by atoms with van der Waals surface area (Å²) in [4.78, 5) is 0. The van der Waals surface area contributed by atoms with Gasteiger partial charge in [-0.15, -0.1) is 0 Å². The molecule has 0 radical (unpaired) electrons. The first-order valence-electron chi connectivity index (χ1n) is 6.71. The molecule has 0 aromatic heterocycles. The Hall–Kier alpha value is -1.76. The van der Waals surface area contributed by atoms with Crippen molar-refractivity contribution in [1.29, 1.82) is 0 Å². The van der Waals surface area contributed by atoms with E-state index in [-0.39, 0.29) is 10.8 Å². The molecule has 0 aliphatic carbocycles. The molecule has 0 saturated carbocycles. The lowest BCUT2D eigenvalue weighted by Gasteiger charge is -2.43. The van der Waals surface area contributed by atoms with Crippen LogP contribution in [-0.2, 0) is 5.41 Å². The first-order chi connectivity index (χ1) is 8.87. The standard InChI is InChI=1S/C18H22O/c1-17(2,3)18(4,14-10-6-5-7-11-14)15-12-8-9-13-16(15)19/h5-13,19H,1-4H3. The Balaban J connectivity index is 2.71. The summed E-state index contributed by atoms with van der Waals surface area (Å²) >= 11 is 0. The van der Waals surface area contributed by atoms with Crippen molar-refractivity contribution in [2.75, 3.05) is 0 Å².